The van der Waals surface area contributed by atoms with Crippen LogP contribution in [0.4, 0.5) is 0 Å². The first-order valence-electron chi connectivity index (χ1n) is 6.14. The van der Waals surface area contributed by atoms with Gasteiger partial charge in [-0.1, -0.05) is 24.6 Å². The van der Waals surface area contributed by atoms with Crippen LogP contribution < -0.4 is 0 Å². The fourth-order valence-electron chi connectivity index (χ4n) is 1.84. The second-order valence-corrected chi connectivity index (χ2v) is 6.11. The van der Waals surface area contributed by atoms with Crippen molar-refractivity contribution in [3.63, 3.8) is 0 Å². The minimum atomic E-state index is -3.62. The minimum absolute atomic E-state index is 0.170. The summed E-state index contributed by atoms with van der Waals surface area (Å²) in [5.41, 5.74) is 1.02. The molecule has 18 heavy (non-hydrogen) atoms. The summed E-state index contributed by atoms with van der Waals surface area (Å²) in [6.45, 7) is 4.14. The molecule has 1 heterocycles. The van der Waals surface area contributed by atoms with Crippen LogP contribution in [0.3, 0.4) is 0 Å². The van der Waals surface area contributed by atoms with Crippen molar-refractivity contribution in [3.05, 3.63) is 29.8 Å². The lowest BCUT2D eigenvalue weighted by atomic mass is 10.2. The SMILES string of the molecule is CCC1OC1CCOS(=O)(=O)c1ccc(C)cc1. The van der Waals surface area contributed by atoms with Crippen molar-refractivity contribution in [2.75, 3.05) is 6.61 Å². The molecule has 0 amide bonds. The Morgan fingerprint density at radius 3 is 2.44 bits per heavy atom. The quantitative estimate of drug-likeness (QED) is 0.588. The summed E-state index contributed by atoms with van der Waals surface area (Å²) in [6, 6.07) is 6.64. The van der Waals surface area contributed by atoms with Crippen LogP contribution in [-0.2, 0) is 19.0 Å². The first kappa shape index (κ1) is 13.5. The average molecular weight is 270 g/mol. The van der Waals surface area contributed by atoms with Gasteiger partial charge in [0.1, 0.15) is 0 Å². The highest BCUT2D eigenvalue weighted by Crippen LogP contribution is 2.28. The van der Waals surface area contributed by atoms with Gasteiger partial charge in [-0.25, -0.2) is 0 Å². The predicted octanol–water partition coefficient (Wildman–Crippen LogP) is 2.27. The van der Waals surface area contributed by atoms with Crippen molar-refractivity contribution >= 4 is 10.1 Å². The molecule has 0 radical (unpaired) electrons. The first-order valence-corrected chi connectivity index (χ1v) is 7.55. The van der Waals surface area contributed by atoms with Crippen LogP contribution in [0.25, 0.3) is 0 Å². The maximum Gasteiger partial charge on any atom is 0.296 e. The summed E-state index contributed by atoms with van der Waals surface area (Å²) >= 11 is 0. The van der Waals surface area contributed by atoms with E-state index in [1.54, 1.807) is 24.3 Å². The molecule has 0 aromatic heterocycles. The Labute approximate surface area is 108 Å². The zero-order valence-corrected chi connectivity index (χ0v) is 11.4. The van der Waals surface area contributed by atoms with Gasteiger partial charge in [0.2, 0.25) is 0 Å². The average Bonchev–Trinajstić information content (AvgIpc) is 3.08. The Balaban J connectivity index is 1.86. The highest BCUT2D eigenvalue weighted by atomic mass is 32.2. The molecule has 100 valence electrons. The van der Waals surface area contributed by atoms with Crippen molar-refractivity contribution in [2.24, 2.45) is 0 Å². The molecular formula is C13H18O4S. The molecule has 0 spiro atoms. The molecule has 1 aromatic rings. The molecular weight excluding hydrogens is 252 g/mol. The minimum Gasteiger partial charge on any atom is -0.370 e. The summed E-state index contributed by atoms with van der Waals surface area (Å²) in [6.07, 6.45) is 2.05. The van der Waals surface area contributed by atoms with E-state index < -0.39 is 10.1 Å². The van der Waals surface area contributed by atoms with Gasteiger partial charge in [0.25, 0.3) is 10.1 Å². The standard InChI is InChI=1S/C13H18O4S/c1-3-12-13(17-12)8-9-16-18(14,15)11-6-4-10(2)5-7-11/h4-7,12-13H,3,8-9H2,1-2H3. The van der Waals surface area contributed by atoms with E-state index in [2.05, 4.69) is 6.92 Å². The second kappa shape index (κ2) is 5.38. The number of rotatable bonds is 6. The third-order valence-electron chi connectivity index (χ3n) is 3.04. The van der Waals surface area contributed by atoms with Gasteiger partial charge in [0.05, 0.1) is 23.7 Å². The number of aryl methyl sites for hydroxylation is 1. The van der Waals surface area contributed by atoms with Gasteiger partial charge in [-0.15, -0.1) is 0 Å². The van der Waals surface area contributed by atoms with E-state index in [1.807, 2.05) is 6.92 Å². The van der Waals surface area contributed by atoms with E-state index in [-0.39, 0.29) is 23.7 Å². The molecule has 2 unspecified atom stereocenters. The van der Waals surface area contributed by atoms with Crippen LogP contribution in [-0.4, -0.2) is 27.2 Å². The molecule has 0 N–H and O–H groups in total. The third kappa shape index (κ3) is 3.31. The summed E-state index contributed by atoms with van der Waals surface area (Å²) in [4.78, 5) is 0.205. The Hall–Kier alpha value is -0.910. The molecule has 5 heteroatoms. The van der Waals surface area contributed by atoms with Gasteiger partial charge < -0.3 is 4.74 Å². The van der Waals surface area contributed by atoms with Crippen molar-refractivity contribution in [1.29, 1.82) is 0 Å². The van der Waals surface area contributed by atoms with Crippen LogP contribution in [0, 0.1) is 6.92 Å². The zero-order chi connectivity index (χ0) is 13.2. The lowest BCUT2D eigenvalue weighted by Gasteiger charge is -2.05. The normalized spacial score (nSPS) is 23.0. The molecule has 0 saturated carbocycles. The second-order valence-electron chi connectivity index (χ2n) is 4.50. The van der Waals surface area contributed by atoms with E-state index in [4.69, 9.17) is 8.92 Å². The number of hydrogen-bond donors (Lipinski definition) is 0. The third-order valence-corrected chi connectivity index (χ3v) is 4.37. The van der Waals surface area contributed by atoms with Crippen LogP contribution in [0.5, 0.6) is 0 Å². The highest BCUT2D eigenvalue weighted by molar-refractivity contribution is 7.86. The van der Waals surface area contributed by atoms with Crippen molar-refractivity contribution < 1.29 is 17.3 Å². The largest absolute Gasteiger partial charge is 0.370 e. The van der Waals surface area contributed by atoms with E-state index >= 15 is 0 Å². The van der Waals surface area contributed by atoms with Gasteiger partial charge in [0.15, 0.2) is 0 Å². The van der Waals surface area contributed by atoms with E-state index in [9.17, 15) is 8.42 Å². The van der Waals surface area contributed by atoms with E-state index in [0.29, 0.717) is 6.42 Å². The molecule has 2 rings (SSSR count). The molecule has 1 saturated heterocycles. The van der Waals surface area contributed by atoms with Gasteiger partial charge in [0, 0.05) is 6.42 Å². The van der Waals surface area contributed by atoms with Crippen LogP contribution in [0.15, 0.2) is 29.2 Å². The highest BCUT2D eigenvalue weighted by Gasteiger charge is 2.36. The zero-order valence-electron chi connectivity index (χ0n) is 10.6. The molecule has 1 aliphatic heterocycles. The Morgan fingerprint density at radius 2 is 1.89 bits per heavy atom. The molecule has 4 nitrogen and oxygen atoms in total. The number of hydrogen-bond acceptors (Lipinski definition) is 4. The lowest BCUT2D eigenvalue weighted by Crippen LogP contribution is -2.09. The van der Waals surface area contributed by atoms with Gasteiger partial charge in [-0.05, 0) is 25.5 Å². The van der Waals surface area contributed by atoms with Crippen molar-refractivity contribution in [1.82, 2.24) is 0 Å². The smallest absolute Gasteiger partial charge is 0.296 e. The lowest BCUT2D eigenvalue weighted by molar-refractivity contribution is 0.283. The Kier molecular flexibility index (Phi) is 4.04. The maximum atomic E-state index is 11.8. The Bertz CT molecular complexity index is 492. The van der Waals surface area contributed by atoms with Crippen molar-refractivity contribution in [2.45, 2.75) is 43.8 Å². The van der Waals surface area contributed by atoms with Crippen LogP contribution in [0.1, 0.15) is 25.3 Å². The maximum absolute atomic E-state index is 11.8. The number of ether oxygens (including phenoxy) is 1. The number of epoxide rings is 1. The Morgan fingerprint density at radius 1 is 1.22 bits per heavy atom. The van der Waals surface area contributed by atoms with Crippen molar-refractivity contribution in [3.8, 4) is 0 Å². The molecule has 1 aliphatic rings. The van der Waals surface area contributed by atoms with E-state index in [1.165, 1.54) is 0 Å². The van der Waals surface area contributed by atoms with Crippen LogP contribution >= 0.6 is 0 Å². The summed E-state index contributed by atoms with van der Waals surface area (Å²) in [7, 11) is -3.62. The van der Waals surface area contributed by atoms with Crippen LogP contribution in [0.2, 0.25) is 0 Å². The van der Waals surface area contributed by atoms with Gasteiger partial charge >= 0.3 is 0 Å². The summed E-state index contributed by atoms with van der Waals surface area (Å²) in [5.74, 6) is 0. The first-order chi connectivity index (χ1) is 8.53. The fraction of sp³-hybridized carbons (Fsp3) is 0.538. The molecule has 2 atom stereocenters. The molecule has 0 aliphatic carbocycles. The molecule has 0 bridgehead atoms. The molecule has 1 aromatic carbocycles. The summed E-state index contributed by atoms with van der Waals surface area (Å²) < 4.78 is 34.0. The van der Waals surface area contributed by atoms with E-state index in [0.717, 1.165) is 12.0 Å². The summed E-state index contributed by atoms with van der Waals surface area (Å²) in [5, 5.41) is 0. The topological polar surface area (TPSA) is 55.9 Å². The fourth-order valence-corrected chi connectivity index (χ4v) is 2.76. The number of benzene rings is 1. The van der Waals surface area contributed by atoms with Gasteiger partial charge in [-0.3, -0.25) is 4.18 Å². The predicted molar refractivity (Wildman–Crippen MR) is 67.9 cm³/mol. The monoisotopic (exact) mass is 270 g/mol. The molecule has 1 fully saturated rings. The van der Waals surface area contributed by atoms with Gasteiger partial charge in [-0.2, -0.15) is 8.42 Å².